The van der Waals surface area contributed by atoms with Crippen LogP contribution in [0.5, 0.6) is 0 Å². The first-order valence-corrected chi connectivity index (χ1v) is 7.78. The Hall–Kier alpha value is -1.59. The molecule has 0 spiro atoms. The Morgan fingerprint density at radius 3 is 2.05 bits per heavy atom. The Morgan fingerprint density at radius 2 is 1.43 bits per heavy atom. The van der Waals surface area contributed by atoms with E-state index in [1.165, 1.54) is 0 Å². The predicted molar refractivity (Wildman–Crippen MR) is 76.5 cm³/mol. The Labute approximate surface area is 125 Å². The number of carboxylic acid groups (broad SMARTS) is 1. The first kappa shape index (κ1) is 15.8. The average Bonchev–Trinajstić information content (AvgIpc) is 2.72. The van der Waals surface area contributed by atoms with Crippen LogP contribution < -0.4 is 0 Å². The molecule has 1 aliphatic carbocycles. The molecule has 1 aliphatic heterocycles. The molecule has 21 heavy (non-hydrogen) atoms. The van der Waals surface area contributed by atoms with Crippen molar-refractivity contribution in [2.45, 2.75) is 39.0 Å². The van der Waals surface area contributed by atoms with Crippen molar-refractivity contribution in [2.75, 3.05) is 26.2 Å². The smallest absolute Gasteiger partial charge is 0.307 e. The Bertz CT molecular complexity index is 424. The minimum absolute atomic E-state index is 0.0328. The third-order valence-corrected chi connectivity index (χ3v) is 4.65. The summed E-state index contributed by atoms with van der Waals surface area (Å²) >= 11 is 0. The van der Waals surface area contributed by atoms with Gasteiger partial charge in [0, 0.05) is 33.1 Å². The second-order valence-electron chi connectivity index (χ2n) is 6.02. The summed E-state index contributed by atoms with van der Waals surface area (Å²) in [5.74, 6) is -1.79. The maximum Gasteiger partial charge on any atom is 0.307 e. The topological polar surface area (TPSA) is 77.9 Å². The SMILES string of the molecule is CC(=O)N1CCCN(C(=O)C2CCCCC2C(=O)O)CC1. The van der Waals surface area contributed by atoms with Crippen LogP contribution in [-0.4, -0.2) is 58.9 Å². The number of hydrogen-bond donors (Lipinski definition) is 1. The van der Waals surface area contributed by atoms with Gasteiger partial charge in [-0.1, -0.05) is 12.8 Å². The van der Waals surface area contributed by atoms with Gasteiger partial charge in [0.25, 0.3) is 0 Å². The molecule has 0 aromatic rings. The average molecular weight is 296 g/mol. The van der Waals surface area contributed by atoms with Gasteiger partial charge in [-0.25, -0.2) is 0 Å². The van der Waals surface area contributed by atoms with Gasteiger partial charge in [-0.3, -0.25) is 14.4 Å². The van der Waals surface area contributed by atoms with Gasteiger partial charge >= 0.3 is 5.97 Å². The zero-order valence-corrected chi connectivity index (χ0v) is 12.6. The van der Waals surface area contributed by atoms with E-state index in [9.17, 15) is 19.5 Å². The molecule has 2 fully saturated rings. The van der Waals surface area contributed by atoms with Gasteiger partial charge in [0.1, 0.15) is 0 Å². The van der Waals surface area contributed by atoms with Gasteiger partial charge in [-0.2, -0.15) is 0 Å². The minimum atomic E-state index is -0.853. The van der Waals surface area contributed by atoms with Crippen LogP contribution in [0.2, 0.25) is 0 Å². The second-order valence-corrected chi connectivity index (χ2v) is 6.02. The molecular weight excluding hydrogens is 272 g/mol. The highest BCUT2D eigenvalue weighted by molar-refractivity contribution is 5.85. The van der Waals surface area contributed by atoms with Crippen LogP contribution in [0.3, 0.4) is 0 Å². The molecule has 2 amide bonds. The number of carbonyl (C=O) groups is 3. The van der Waals surface area contributed by atoms with Gasteiger partial charge in [0.05, 0.1) is 11.8 Å². The van der Waals surface area contributed by atoms with Gasteiger partial charge < -0.3 is 14.9 Å². The highest BCUT2D eigenvalue weighted by atomic mass is 16.4. The molecule has 1 N–H and O–H groups in total. The van der Waals surface area contributed by atoms with Gasteiger partial charge in [0.15, 0.2) is 0 Å². The summed E-state index contributed by atoms with van der Waals surface area (Å²) in [7, 11) is 0. The summed E-state index contributed by atoms with van der Waals surface area (Å²) in [5, 5.41) is 9.30. The van der Waals surface area contributed by atoms with Crippen molar-refractivity contribution in [3.05, 3.63) is 0 Å². The summed E-state index contributed by atoms with van der Waals surface area (Å²) < 4.78 is 0. The predicted octanol–water partition coefficient (Wildman–Crippen LogP) is 0.958. The molecule has 2 aliphatic rings. The van der Waals surface area contributed by atoms with E-state index >= 15 is 0 Å². The summed E-state index contributed by atoms with van der Waals surface area (Å²) in [6.07, 6.45) is 3.84. The zero-order chi connectivity index (χ0) is 15.4. The van der Waals surface area contributed by atoms with E-state index in [1.54, 1.807) is 16.7 Å². The summed E-state index contributed by atoms with van der Waals surface area (Å²) in [4.78, 5) is 38.9. The van der Waals surface area contributed by atoms with Crippen molar-refractivity contribution in [3.63, 3.8) is 0 Å². The minimum Gasteiger partial charge on any atom is -0.481 e. The van der Waals surface area contributed by atoms with Crippen LogP contribution in [0.25, 0.3) is 0 Å². The van der Waals surface area contributed by atoms with E-state index in [4.69, 9.17) is 0 Å². The Morgan fingerprint density at radius 1 is 0.857 bits per heavy atom. The normalized spacial score (nSPS) is 27.1. The third kappa shape index (κ3) is 3.74. The third-order valence-electron chi connectivity index (χ3n) is 4.65. The fraction of sp³-hybridized carbons (Fsp3) is 0.800. The number of nitrogens with zero attached hydrogens (tertiary/aromatic N) is 2. The highest BCUT2D eigenvalue weighted by Crippen LogP contribution is 2.32. The quantitative estimate of drug-likeness (QED) is 0.823. The molecule has 1 heterocycles. The van der Waals surface area contributed by atoms with Crippen molar-refractivity contribution in [1.82, 2.24) is 9.80 Å². The lowest BCUT2D eigenvalue weighted by atomic mass is 9.78. The monoisotopic (exact) mass is 296 g/mol. The highest BCUT2D eigenvalue weighted by Gasteiger charge is 2.38. The zero-order valence-electron chi connectivity index (χ0n) is 12.6. The number of hydrogen-bond acceptors (Lipinski definition) is 3. The van der Waals surface area contributed by atoms with Crippen molar-refractivity contribution in [3.8, 4) is 0 Å². The number of carbonyl (C=O) groups excluding carboxylic acids is 2. The van der Waals surface area contributed by atoms with E-state index in [-0.39, 0.29) is 17.7 Å². The summed E-state index contributed by atoms with van der Waals surface area (Å²) in [6.45, 7) is 3.89. The molecule has 2 atom stereocenters. The fourth-order valence-electron chi connectivity index (χ4n) is 3.41. The van der Waals surface area contributed by atoms with Crippen LogP contribution in [0.1, 0.15) is 39.0 Å². The van der Waals surface area contributed by atoms with E-state index in [0.29, 0.717) is 39.0 Å². The molecule has 6 nitrogen and oxygen atoms in total. The van der Waals surface area contributed by atoms with E-state index in [2.05, 4.69) is 0 Å². The lowest BCUT2D eigenvalue weighted by molar-refractivity contribution is -0.152. The molecular formula is C15H24N2O4. The van der Waals surface area contributed by atoms with Crippen molar-refractivity contribution >= 4 is 17.8 Å². The maximum atomic E-state index is 12.7. The molecule has 2 unspecified atom stereocenters. The fourth-order valence-corrected chi connectivity index (χ4v) is 3.41. The van der Waals surface area contributed by atoms with Gasteiger partial charge in [-0.05, 0) is 19.3 Å². The number of carboxylic acids is 1. The molecule has 0 aromatic carbocycles. The molecule has 6 heteroatoms. The van der Waals surface area contributed by atoms with Crippen LogP contribution in [0.15, 0.2) is 0 Å². The molecule has 1 saturated heterocycles. The number of aliphatic carboxylic acids is 1. The van der Waals surface area contributed by atoms with E-state index < -0.39 is 11.9 Å². The van der Waals surface area contributed by atoms with Crippen molar-refractivity contribution in [2.24, 2.45) is 11.8 Å². The van der Waals surface area contributed by atoms with E-state index in [1.807, 2.05) is 0 Å². The molecule has 118 valence electrons. The van der Waals surface area contributed by atoms with Gasteiger partial charge in [0.2, 0.25) is 11.8 Å². The molecule has 0 radical (unpaired) electrons. The molecule has 0 bridgehead atoms. The van der Waals surface area contributed by atoms with Gasteiger partial charge in [-0.15, -0.1) is 0 Å². The van der Waals surface area contributed by atoms with Crippen LogP contribution in [-0.2, 0) is 14.4 Å². The summed E-state index contributed by atoms with van der Waals surface area (Å²) in [5.41, 5.74) is 0. The van der Waals surface area contributed by atoms with Crippen molar-refractivity contribution in [1.29, 1.82) is 0 Å². The van der Waals surface area contributed by atoms with Crippen LogP contribution in [0, 0.1) is 11.8 Å². The Balaban J connectivity index is 2.01. The summed E-state index contributed by atoms with van der Waals surface area (Å²) in [6, 6.07) is 0. The van der Waals surface area contributed by atoms with Crippen molar-refractivity contribution < 1.29 is 19.5 Å². The first-order valence-electron chi connectivity index (χ1n) is 7.78. The molecule has 0 aromatic heterocycles. The first-order chi connectivity index (χ1) is 10.0. The standard InChI is InChI=1S/C15H24N2O4/c1-11(18)16-7-4-8-17(10-9-16)14(19)12-5-2-3-6-13(12)15(20)21/h12-13H,2-10H2,1H3,(H,20,21). The lowest BCUT2D eigenvalue weighted by Gasteiger charge is -2.32. The molecule has 2 rings (SSSR count). The number of amides is 2. The Kier molecular flexibility index (Phi) is 5.20. The molecule has 1 saturated carbocycles. The van der Waals surface area contributed by atoms with Crippen LogP contribution in [0.4, 0.5) is 0 Å². The second kappa shape index (κ2) is 6.91. The number of rotatable bonds is 2. The largest absolute Gasteiger partial charge is 0.481 e. The van der Waals surface area contributed by atoms with E-state index in [0.717, 1.165) is 19.3 Å². The maximum absolute atomic E-state index is 12.7. The van der Waals surface area contributed by atoms with Crippen LogP contribution >= 0.6 is 0 Å². The lowest BCUT2D eigenvalue weighted by Crippen LogP contribution is -2.44.